The molecule has 0 fully saturated rings. The Kier molecular flexibility index (Phi) is 31.3. The molecule has 0 amide bonds. The molecule has 0 aliphatic carbocycles. The molecule has 0 saturated carbocycles. The Morgan fingerprint density at radius 3 is 2.12 bits per heavy atom. The van der Waals surface area contributed by atoms with E-state index < -0.39 is 15.0 Å². The minimum atomic E-state index is -5.15. The van der Waals surface area contributed by atoms with Gasteiger partial charge in [-0.15, -0.1) is 9.05 Å². The molecular weight excluding hydrogens is 325 g/mol. The summed E-state index contributed by atoms with van der Waals surface area (Å²) in [7, 11) is -5.15. The van der Waals surface area contributed by atoms with Gasteiger partial charge in [0.05, 0.1) is 6.61 Å². The molecule has 0 aromatic carbocycles. The zero-order chi connectivity index (χ0) is 11.0. The third-order valence-corrected chi connectivity index (χ3v) is 1.67. The van der Waals surface area contributed by atoms with Crippen LogP contribution in [0.2, 0.25) is 0 Å². The first kappa shape index (κ1) is 29.2. The molecule has 17 heavy (non-hydrogen) atoms. The summed E-state index contributed by atoms with van der Waals surface area (Å²) in [6.07, 6.45) is 2.92. The SMILES string of the molecule is CC=CC(=O)OCCCO[Si]([O-])([O-])[O-].[K+].[K+].[K+]. The molecule has 0 N–H and O–H groups in total. The average molecular weight is 337 g/mol. The van der Waals surface area contributed by atoms with Crippen LogP contribution in [0.1, 0.15) is 13.3 Å². The first-order chi connectivity index (χ1) is 6.45. The Morgan fingerprint density at radius 1 is 1.18 bits per heavy atom. The summed E-state index contributed by atoms with van der Waals surface area (Å²) in [5, 5.41) is 0. The molecular formula is C7H11K3O6Si. The van der Waals surface area contributed by atoms with E-state index in [4.69, 9.17) is 0 Å². The van der Waals surface area contributed by atoms with Crippen LogP contribution in [-0.2, 0) is 14.0 Å². The van der Waals surface area contributed by atoms with Gasteiger partial charge in [0.2, 0.25) is 0 Å². The smallest absolute Gasteiger partial charge is 0.861 e. The van der Waals surface area contributed by atoms with Crippen molar-refractivity contribution in [1.82, 2.24) is 0 Å². The van der Waals surface area contributed by atoms with Crippen LogP contribution in [-0.4, -0.2) is 28.2 Å². The van der Waals surface area contributed by atoms with Gasteiger partial charge in [-0.2, -0.15) is 0 Å². The molecule has 0 radical (unpaired) electrons. The van der Waals surface area contributed by atoms with Crippen molar-refractivity contribution in [1.29, 1.82) is 0 Å². The molecule has 0 aromatic heterocycles. The molecule has 0 aliphatic heterocycles. The molecule has 10 heteroatoms. The maximum absolute atomic E-state index is 10.7. The monoisotopic (exact) mass is 336 g/mol. The van der Waals surface area contributed by atoms with Crippen molar-refractivity contribution < 1.29 is 182 Å². The standard InChI is InChI=1S/C7H11O6Si.3K/c1-2-4-7(8)12-5-3-6-13-14(9,10)11;;;/h2,4H,3,5-6H2,1H3;;;/q-3;3*+1. The Morgan fingerprint density at radius 2 is 1.71 bits per heavy atom. The average Bonchev–Trinajstić information content (AvgIpc) is 2.02. The third-order valence-electron chi connectivity index (χ3n) is 1.11. The van der Waals surface area contributed by atoms with Gasteiger partial charge in [0.25, 0.3) is 0 Å². The van der Waals surface area contributed by atoms with Crippen LogP contribution in [0, 0.1) is 0 Å². The number of ether oxygens (including phenoxy) is 1. The van der Waals surface area contributed by atoms with E-state index in [1.165, 1.54) is 12.2 Å². The maximum Gasteiger partial charge on any atom is 1.00 e. The predicted molar refractivity (Wildman–Crippen MR) is 42.1 cm³/mol. The quantitative estimate of drug-likeness (QED) is 0.206. The van der Waals surface area contributed by atoms with E-state index in [1.807, 2.05) is 0 Å². The van der Waals surface area contributed by atoms with E-state index in [-0.39, 0.29) is 174 Å². The summed E-state index contributed by atoms with van der Waals surface area (Å²) in [4.78, 5) is 40.6. The van der Waals surface area contributed by atoms with Crippen molar-refractivity contribution in [2.75, 3.05) is 13.2 Å². The van der Waals surface area contributed by atoms with E-state index in [2.05, 4.69) is 9.16 Å². The van der Waals surface area contributed by atoms with Gasteiger partial charge in [0.15, 0.2) is 0 Å². The second-order valence-corrected chi connectivity index (χ2v) is 3.66. The second kappa shape index (κ2) is 18.2. The summed E-state index contributed by atoms with van der Waals surface area (Å²) in [5.74, 6) is -0.512. The Labute approximate surface area is 230 Å². The summed E-state index contributed by atoms with van der Waals surface area (Å²) < 4.78 is 8.53. The zero-order valence-electron chi connectivity index (χ0n) is 10.7. The predicted octanol–water partition coefficient (Wildman–Crippen LogP) is -12.0. The van der Waals surface area contributed by atoms with Crippen LogP contribution < -0.4 is 169 Å². The number of hydrogen-bond acceptors (Lipinski definition) is 6. The normalized spacial score (nSPS) is 9.88. The van der Waals surface area contributed by atoms with Crippen molar-refractivity contribution in [2.24, 2.45) is 0 Å². The molecule has 0 rings (SSSR count). The fraction of sp³-hybridized carbons (Fsp3) is 0.571. The molecule has 0 aliphatic rings. The van der Waals surface area contributed by atoms with Gasteiger partial charge in [-0.05, 0) is 6.92 Å². The van der Waals surface area contributed by atoms with Crippen molar-refractivity contribution in [2.45, 2.75) is 13.3 Å². The molecule has 0 aromatic rings. The molecule has 0 spiro atoms. The number of carbonyl (C=O) groups is 1. The van der Waals surface area contributed by atoms with Gasteiger partial charge < -0.3 is 23.5 Å². The Hall–Kier alpha value is 4.18. The molecule has 0 heterocycles. The van der Waals surface area contributed by atoms with E-state index in [9.17, 15) is 19.2 Å². The molecule has 6 nitrogen and oxygen atoms in total. The van der Waals surface area contributed by atoms with E-state index in [0.717, 1.165) is 0 Å². The molecule has 0 saturated heterocycles. The Bertz CT molecular complexity index is 208. The topological polar surface area (TPSA) is 105 Å². The minimum absolute atomic E-state index is 0. The summed E-state index contributed by atoms with van der Waals surface area (Å²) in [6, 6.07) is 0. The van der Waals surface area contributed by atoms with E-state index in [0.29, 0.717) is 0 Å². The number of esters is 1. The van der Waals surface area contributed by atoms with Crippen molar-refractivity contribution in [3.8, 4) is 0 Å². The largest absolute Gasteiger partial charge is 1.00 e. The number of rotatable bonds is 6. The van der Waals surface area contributed by atoms with Gasteiger partial charge in [0.1, 0.15) is 0 Å². The van der Waals surface area contributed by atoms with Gasteiger partial charge in [-0.3, -0.25) is 0 Å². The van der Waals surface area contributed by atoms with Gasteiger partial charge in [-0.1, -0.05) is 6.08 Å². The van der Waals surface area contributed by atoms with Crippen LogP contribution in [0.25, 0.3) is 0 Å². The summed E-state index contributed by atoms with van der Waals surface area (Å²) in [6.45, 7) is 1.43. The first-order valence-corrected chi connectivity index (χ1v) is 5.63. The molecule has 0 atom stereocenters. The summed E-state index contributed by atoms with van der Waals surface area (Å²) >= 11 is 0. The molecule has 0 bridgehead atoms. The van der Waals surface area contributed by atoms with Crippen molar-refractivity contribution in [3.05, 3.63) is 12.2 Å². The van der Waals surface area contributed by atoms with Crippen LogP contribution >= 0.6 is 0 Å². The van der Waals surface area contributed by atoms with Crippen molar-refractivity contribution >= 4 is 15.0 Å². The maximum atomic E-state index is 10.7. The van der Waals surface area contributed by atoms with Gasteiger partial charge in [-0.25, -0.2) is 4.79 Å². The first-order valence-electron chi connectivity index (χ1n) is 4.00. The molecule has 0 unspecified atom stereocenters. The fourth-order valence-corrected chi connectivity index (χ4v) is 1.01. The van der Waals surface area contributed by atoms with Crippen LogP contribution in [0.3, 0.4) is 0 Å². The zero-order valence-corrected chi connectivity index (χ0v) is 21.1. The third kappa shape index (κ3) is 25.5. The number of carbonyl (C=O) groups excluding carboxylic acids is 1. The summed E-state index contributed by atoms with van der Waals surface area (Å²) in [5.41, 5.74) is 0. The van der Waals surface area contributed by atoms with Crippen LogP contribution in [0.5, 0.6) is 0 Å². The van der Waals surface area contributed by atoms with E-state index >= 15 is 0 Å². The van der Waals surface area contributed by atoms with E-state index in [1.54, 1.807) is 6.92 Å². The minimum Gasteiger partial charge on any atom is -0.861 e. The van der Waals surface area contributed by atoms with Crippen molar-refractivity contribution in [3.63, 3.8) is 0 Å². The number of allylic oxidation sites excluding steroid dienone is 1. The Balaban J connectivity index is -0.000000282. The van der Waals surface area contributed by atoms with Crippen LogP contribution in [0.4, 0.5) is 0 Å². The fourth-order valence-electron chi connectivity index (χ4n) is 0.613. The molecule has 82 valence electrons. The second-order valence-electron chi connectivity index (χ2n) is 2.37. The van der Waals surface area contributed by atoms with Crippen LogP contribution in [0.15, 0.2) is 12.2 Å². The van der Waals surface area contributed by atoms with Gasteiger partial charge in [0, 0.05) is 19.1 Å². The van der Waals surface area contributed by atoms with Gasteiger partial charge >= 0.3 is 160 Å². The number of hydrogen-bond donors (Lipinski definition) is 0.